The SMILES string of the molecule is Cc1nc2c(C)c(C)c(Cl)nn2c(=O)c1F. The molecule has 4 nitrogen and oxygen atoms in total. The summed E-state index contributed by atoms with van der Waals surface area (Å²) >= 11 is 5.84. The van der Waals surface area contributed by atoms with E-state index in [0.717, 1.165) is 15.6 Å². The third-order valence-corrected chi connectivity index (χ3v) is 2.93. The highest BCUT2D eigenvalue weighted by molar-refractivity contribution is 6.30. The Balaban J connectivity index is 3.09. The highest BCUT2D eigenvalue weighted by Crippen LogP contribution is 2.18. The molecule has 84 valence electrons. The molecule has 0 spiro atoms. The Morgan fingerprint density at radius 2 is 1.88 bits per heavy atom. The number of nitrogens with zero attached hydrogens (tertiary/aromatic N) is 3. The van der Waals surface area contributed by atoms with E-state index < -0.39 is 11.4 Å². The molecule has 0 saturated carbocycles. The Bertz CT molecular complexity index is 651. The zero-order valence-corrected chi connectivity index (χ0v) is 9.76. The summed E-state index contributed by atoms with van der Waals surface area (Å²) in [6, 6.07) is 0. The number of hydrogen-bond donors (Lipinski definition) is 0. The van der Waals surface area contributed by atoms with Crippen molar-refractivity contribution in [2.24, 2.45) is 0 Å². The number of halogens is 2. The first kappa shape index (κ1) is 11.0. The topological polar surface area (TPSA) is 47.3 Å². The van der Waals surface area contributed by atoms with Crippen LogP contribution in [0.1, 0.15) is 16.8 Å². The molecule has 0 radical (unpaired) electrons. The monoisotopic (exact) mass is 241 g/mol. The number of aryl methyl sites for hydroxylation is 2. The molecule has 16 heavy (non-hydrogen) atoms. The third-order valence-electron chi connectivity index (χ3n) is 2.57. The molecule has 0 N–H and O–H groups in total. The van der Waals surface area contributed by atoms with Crippen molar-refractivity contribution >= 4 is 17.2 Å². The van der Waals surface area contributed by atoms with Crippen LogP contribution in [0.4, 0.5) is 4.39 Å². The molecule has 2 aromatic heterocycles. The summed E-state index contributed by atoms with van der Waals surface area (Å²) in [5.41, 5.74) is 1.04. The minimum Gasteiger partial charge on any atom is -0.264 e. The smallest absolute Gasteiger partial charge is 0.264 e. The maximum atomic E-state index is 13.3. The van der Waals surface area contributed by atoms with Crippen molar-refractivity contribution in [3.8, 4) is 0 Å². The van der Waals surface area contributed by atoms with Gasteiger partial charge in [0, 0.05) is 0 Å². The Labute approximate surface area is 95.7 Å². The highest BCUT2D eigenvalue weighted by atomic mass is 35.5. The van der Waals surface area contributed by atoms with E-state index in [1.165, 1.54) is 6.92 Å². The molecule has 0 atom stereocenters. The summed E-state index contributed by atoms with van der Waals surface area (Å²) in [5.74, 6) is -0.899. The predicted octanol–water partition coefficient (Wildman–Crippen LogP) is 1.81. The molecule has 0 aliphatic rings. The van der Waals surface area contributed by atoms with Crippen LogP contribution in [0.3, 0.4) is 0 Å². The quantitative estimate of drug-likeness (QED) is 0.707. The Morgan fingerprint density at radius 3 is 2.50 bits per heavy atom. The maximum absolute atomic E-state index is 13.3. The lowest BCUT2D eigenvalue weighted by molar-refractivity contribution is 0.576. The molecule has 2 aromatic rings. The van der Waals surface area contributed by atoms with Gasteiger partial charge in [0.1, 0.15) is 0 Å². The zero-order chi connectivity index (χ0) is 12.0. The first-order valence-electron chi connectivity index (χ1n) is 4.65. The molecular formula is C10H9ClFN3O. The molecule has 0 amide bonds. The number of aromatic nitrogens is 3. The molecule has 0 unspecified atom stereocenters. The lowest BCUT2D eigenvalue weighted by Gasteiger charge is -2.08. The minimum absolute atomic E-state index is 0.0663. The van der Waals surface area contributed by atoms with Crippen molar-refractivity contribution in [3.63, 3.8) is 0 Å². The van der Waals surface area contributed by atoms with Crippen LogP contribution in [0.2, 0.25) is 5.15 Å². The molecule has 0 aromatic carbocycles. The van der Waals surface area contributed by atoms with Gasteiger partial charge in [-0.15, -0.1) is 0 Å². The fourth-order valence-electron chi connectivity index (χ4n) is 1.42. The molecular weight excluding hydrogens is 233 g/mol. The fourth-order valence-corrected chi connectivity index (χ4v) is 1.64. The average molecular weight is 242 g/mol. The molecule has 2 rings (SSSR count). The van der Waals surface area contributed by atoms with Crippen molar-refractivity contribution in [2.75, 3.05) is 0 Å². The van der Waals surface area contributed by atoms with Crippen LogP contribution < -0.4 is 5.56 Å². The van der Waals surface area contributed by atoms with E-state index >= 15 is 0 Å². The van der Waals surface area contributed by atoms with Gasteiger partial charge >= 0.3 is 5.56 Å². The second-order valence-electron chi connectivity index (χ2n) is 3.59. The van der Waals surface area contributed by atoms with Crippen LogP contribution in [0.15, 0.2) is 4.79 Å². The van der Waals surface area contributed by atoms with Crippen molar-refractivity contribution < 1.29 is 4.39 Å². The van der Waals surface area contributed by atoms with Crippen LogP contribution in [0.25, 0.3) is 5.65 Å². The summed E-state index contributed by atoms with van der Waals surface area (Å²) < 4.78 is 14.2. The van der Waals surface area contributed by atoms with Crippen molar-refractivity contribution in [3.05, 3.63) is 38.1 Å². The lowest BCUT2D eigenvalue weighted by Crippen LogP contribution is -2.23. The minimum atomic E-state index is -0.899. The van der Waals surface area contributed by atoms with Crippen LogP contribution in [-0.4, -0.2) is 14.6 Å². The Hall–Kier alpha value is -1.49. The van der Waals surface area contributed by atoms with E-state index in [1.807, 2.05) is 0 Å². The lowest BCUT2D eigenvalue weighted by atomic mass is 10.2. The van der Waals surface area contributed by atoms with Gasteiger partial charge in [0.05, 0.1) is 5.69 Å². The number of rotatable bonds is 0. The van der Waals surface area contributed by atoms with Gasteiger partial charge in [-0.1, -0.05) is 11.6 Å². The molecule has 0 bridgehead atoms. The van der Waals surface area contributed by atoms with Crippen molar-refractivity contribution in [1.82, 2.24) is 14.6 Å². The molecule has 2 heterocycles. The van der Waals surface area contributed by atoms with Crippen LogP contribution in [-0.2, 0) is 0 Å². The molecule has 0 fully saturated rings. The second-order valence-corrected chi connectivity index (χ2v) is 3.95. The number of fused-ring (bicyclic) bond motifs is 1. The zero-order valence-electron chi connectivity index (χ0n) is 9.01. The number of hydrogen-bond acceptors (Lipinski definition) is 3. The molecule has 0 aliphatic carbocycles. The van der Waals surface area contributed by atoms with E-state index in [2.05, 4.69) is 10.1 Å². The standard InChI is InChI=1S/C10H9ClFN3O/c1-4-5(2)9-13-6(3)7(12)10(16)15(9)14-8(4)11/h1-3H3. The molecule has 0 aliphatic heterocycles. The van der Waals surface area contributed by atoms with Crippen LogP contribution in [0, 0.1) is 26.6 Å². The van der Waals surface area contributed by atoms with Gasteiger partial charge in [-0.2, -0.15) is 14.0 Å². The van der Waals surface area contributed by atoms with Gasteiger partial charge < -0.3 is 0 Å². The van der Waals surface area contributed by atoms with Crippen LogP contribution in [0.5, 0.6) is 0 Å². The van der Waals surface area contributed by atoms with E-state index in [1.54, 1.807) is 13.8 Å². The summed E-state index contributed by atoms with van der Waals surface area (Å²) in [4.78, 5) is 15.6. The summed E-state index contributed by atoms with van der Waals surface area (Å²) in [5, 5.41) is 3.98. The van der Waals surface area contributed by atoms with E-state index in [9.17, 15) is 9.18 Å². The van der Waals surface area contributed by atoms with Gasteiger partial charge in [-0.05, 0) is 31.9 Å². The van der Waals surface area contributed by atoms with E-state index in [4.69, 9.17) is 11.6 Å². The summed E-state index contributed by atoms with van der Waals surface area (Å²) in [7, 11) is 0. The first-order chi connectivity index (χ1) is 7.43. The van der Waals surface area contributed by atoms with Crippen molar-refractivity contribution in [2.45, 2.75) is 20.8 Å². The normalized spacial score (nSPS) is 11.1. The fraction of sp³-hybridized carbons (Fsp3) is 0.300. The second kappa shape index (κ2) is 3.52. The summed E-state index contributed by atoms with van der Waals surface area (Å²) in [6.07, 6.45) is 0. The van der Waals surface area contributed by atoms with Gasteiger partial charge in [-0.25, -0.2) is 4.98 Å². The largest absolute Gasteiger partial charge is 0.310 e. The molecule has 6 heteroatoms. The molecule has 0 saturated heterocycles. The Kier molecular flexibility index (Phi) is 2.42. The average Bonchev–Trinajstić information content (AvgIpc) is 2.25. The first-order valence-corrected chi connectivity index (χ1v) is 5.03. The summed E-state index contributed by atoms with van der Waals surface area (Å²) in [6.45, 7) is 4.98. The van der Waals surface area contributed by atoms with Crippen molar-refractivity contribution in [1.29, 1.82) is 0 Å². The Morgan fingerprint density at radius 1 is 1.25 bits per heavy atom. The van der Waals surface area contributed by atoms with Gasteiger partial charge in [0.15, 0.2) is 10.8 Å². The van der Waals surface area contributed by atoms with Gasteiger partial charge in [0.25, 0.3) is 0 Å². The van der Waals surface area contributed by atoms with E-state index in [0.29, 0.717) is 5.65 Å². The van der Waals surface area contributed by atoms with E-state index in [-0.39, 0.29) is 10.8 Å². The van der Waals surface area contributed by atoms with Crippen LogP contribution >= 0.6 is 11.6 Å². The maximum Gasteiger partial charge on any atom is 0.310 e. The van der Waals surface area contributed by atoms with Gasteiger partial charge in [0.2, 0.25) is 5.82 Å². The predicted molar refractivity (Wildman–Crippen MR) is 58.4 cm³/mol. The van der Waals surface area contributed by atoms with Gasteiger partial charge in [-0.3, -0.25) is 4.79 Å². The third kappa shape index (κ3) is 1.39. The highest BCUT2D eigenvalue weighted by Gasteiger charge is 2.14.